The summed E-state index contributed by atoms with van der Waals surface area (Å²) in [6, 6.07) is 22.9. The number of rotatable bonds is 1. The van der Waals surface area contributed by atoms with Crippen LogP contribution in [0.5, 0.6) is 0 Å². The first kappa shape index (κ1) is 14.8. The van der Waals surface area contributed by atoms with Crippen molar-refractivity contribution in [2.45, 2.75) is 39.2 Å². The first-order valence-corrected chi connectivity index (χ1v) is 9.18. The fourth-order valence-electron chi connectivity index (χ4n) is 4.92. The molecule has 3 aromatic carbocycles. The van der Waals surface area contributed by atoms with Gasteiger partial charge in [-0.05, 0) is 48.2 Å². The third kappa shape index (κ3) is 1.73. The molecule has 0 radical (unpaired) electrons. The Morgan fingerprint density at radius 3 is 2.28 bits per heavy atom. The van der Waals surface area contributed by atoms with Gasteiger partial charge in [0.15, 0.2) is 0 Å². The van der Waals surface area contributed by atoms with Gasteiger partial charge in [0.25, 0.3) is 0 Å². The average Bonchev–Trinajstić information content (AvgIpc) is 3.06. The number of para-hydroxylation sites is 1. The molecule has 1 aliphatic carbocycles. The van der Waals surface area contributed by atoms with E-state index in [1.54, 1.807) is 0 Å². The third-order valence-corrected chi connectivity index (χ3v) is 5.91. The largest absolute Gasteiger partial charge is 0.338 e. The third-order valence-electron chi connectivity index (χ3n) is 5.91. The lowest BCUT2D eigenvalue weighted by atomic mass is 9.80. The summed E-state index contributed by atoms with van der Waals surface area (Å²) in [6.45, 7) is 9.30. The minimum atomic E-state index is 0.0252. The van der Waals surface area contributed by atoms with Crippen LogP contribution in [0.15, 0.2) is 60.7 Å². The maximum atomic E-state index is 2.49. The van der Waals surface area contributed by atoms with Crippen molar-refractivity contribution in [3.05, 3.63) is 71.8 Å². The zero-order chi connectivity index (χ0) is 17.3. The molecule has 5 rings (SSSR count). The number of aromatic nitrogens is 1. The number of nitrogens with zero attached hydrogens (tertiary/aromatic N) is 1. The Bertz CT molecular complexity index is 1140. The van der Waals surface area contributed by atoms with Crippen LogP contribution in [0.2, 0.25) is 0 Å². The van der Waals surface area contributed by atoms with Crippen molar-refractivity contribution in [1.82, 2.24) is 4.57 Å². The Hall–Kier alpha value is -2.54. The van der Waals surface area contributed by atoms with E-state index in [0.29, 0.717) is 6.04 Å². The fraction of sp³-hybridized carbons (Fsp3) is 0.250. The molecule has 1 aliphatic rings. The van der Waals surface area contributed by atoms with Crippen LogP contribution < -0.4 is 0 Å². The lowest BCUT2D eigenvalue weighted by molar-refractivity contribution is 0.640. The zero-order valence-corrected chi connectivity index (χ0v) is 15.3. The molecule has 1 nitrogen and oxygen atoms in total. The molecule has 0 fully saturated rings. The normalized spacial score (nSPS) is 15.1. The predicted molar refractivity (Wildman–Crippen MR) is 107 cm³/mol. The topological polar surface area (TPSA) is 4.93 Å². The monoisotopic (exact) mass is 325 g/mol. The maximum Gasteiger partial charge on any atom is 0.0497 e. The van der Waals surface area contributed by atoms with Gasteiger partial charge in [-0.15, -0.1) is 0 Å². The first-order valence-electron chi connectivity index (χ1n) is 9.18. The molecular weight excluding hydrogens is 302 g/mol. The lowest BCUT2D eigenvalue weighted by Gasteiger charge is -2.22. The van der Waals surface area contributed by atoms with Crippen LogP contribution in [-0.2, 0) is 5.41 Å². The van der Waals surface area contributed by atoms with Crippen LogP contribution in [0, 0.1) is 0 Å². The minimum Gasteiger partial charge on any atom is -0.338 e. The van der Waals surface area contributed by atoms with E-state index in [9.17, 15) is 0 Å². The molecule has 1 heteroatoms. The Morgan fingerprint density at radius 2 is 1.48 bits per heavy atom. The number of hydrogen-bond donors (Lipinski definition) is 0. The molecule has 0 bridgehead atoms. The van der Waals surface area contributed by atoms with E-state index in [2.05, 4.69) is 92.9 Å². The van der Waals surface area contributed by atoms with E-state index in [1.807, 2.05) is 0 Å². The zero-order valence-electron chi connectivity index (χ0n) is 15.3. The van der Waals surface area contributed by atoms with Gasteiger partial charge in [-0.25, -0.2) is 0 Å². The van der Waals surface area contributed by atoms with Gasteiger partial charge >= 0.3 is 0 Å². The number of hydrogen-bond acceptors (Lipinski definition) is 0. The summed E-state index contributed by atoms with van der Waals surface area (Å²) in [7, 11) is 0. The van der Waals surface area contributed by atoms with Crippen molar-refractivity contribution < 1.29 is 0 Å². The van der Waals surface area contributed by atoms with Crippen molar-refractivity contribution >= 4 is 21.8 Å². The molecule has 0 saturated heterocycles. The smallest absolute Gasteiger partial charge is 0.0497 e. The molecule has 4 aromatic rings. The summed E-state index contributed by atoms with van der Waals surface area (Å²) in [4.78, 5) is 0. The van der Waals surface area contributed by atoms with E-state index in [0.717, 1.165) is 0 Å². The van der Waals surface area contributed by atoms with Gasteiger partial charge < -0.3 is 4.57 Å². The Morgan fingerprint density at radius 1 is 0.760 bits per heavy atom. The second-order valence-corrected chi connectivity index (χ2v) is 8.03. The van der Waals surface area contributed by atoms with Crippen LogP contribution in [0.25, 0.3) is 32.9 Å². The Kier molecular flexibility index (Phi) is 2.81. The van der Waals surface area contributed by atoms with Crippen molar-refractivity contribution in [3.8, 4) is 11.1 Å². The standard InChI is InChI=1S/C24H23N/c1-15(2)25-20-12-8-6-10-18(20)22-21(25)14-13-17-16-9-5-7-11-19(16)24(3,4)23(17)22/h5-15H,1-4H3. The summed E-state index contributed by atoms with van der Waals surface area (Å²) in [5.41, 5.74) is 8.45. The quantitative estimate of drug-likeness (QED) is 0.368. The molecule has 25 heavy (non-hydrogen) atoms. The predicted octanol–water partition coefficient (Wildman–Crippen LogP) is 6.68. The molecule has 1 heterocycles. The Balaban J connectivity index is 2.03. The highest BCUT2D eigenvalue weighted by atomic mass is 15.0. The molecule has 0 amide bonds. The van der Waals surface area contributed by atoms with E-state index in [-0.39, 0.29) is 5.41 Å². The van der Waals surface area contributed by atoms with Crippen LogP contribution in [0.1, 0.15) is 44.9 Å². The van der Waals surface area contributed by atoms with Crippen LogP contribution >= 0.6 is 0 Å². The second kappa shape index (κ2) is 4.76. The van der Waals surface area contributed by atoms with Gasteiger partial charge in [0.2, 0.25) is 0 Å². The van der Waals surface area contributed by atoms with E-state index in [4.69, 9.17) is 0 Å². The van der Waals surface area contributed by atoms with E-state index in [1.165, 1.54) is 44.1 Å². The summed E-state index contributed by atoms with van der Waals surface area (Å²) < 4.78 is 2.49. The molecular formula is C24H23N. The van der Waals surface area contributed by atoms with Gasteiger partial charge in [-0.2, -0.15) is 0 Å². The molecule has 0 N–H and O–H groups in total. The van der Waals surface area contributed by atoms with Crippen molar-refractivity contribution in [2.24, 2.45) is 0 Å². The fourth-order valence-corrected chi connectivity index (χ4v) is 4.92. The van der Waals surface area contributed by atoms with Gasteiger partial charge in [0.1, 0.15) is 0 Å². The van der Waals surface area contributed by atoms with Gasteiger partial charge in [-0.3, -0.25) is 0 Å². The molecule has 1 aromatic heterocycles. The molecule has 0 spiro atoms. The summed E-state index contributed by atoms with van der Waals surface area (Å²) in [6.07, 6.45) is 0. The molecule has 0 aliphatic heterocycles. The first-order chi connectivity index (χ1) is 12.0. The van der Waals surface area contributed by atoms with Crippen LogP contribution in [0.3, 0.4) is 0 Å². The molecule has 0 saturated carbocycles. The summed E-state index contributed by atoms with van der Waals surface area (Å²) in [5, 5.41) is 2.81. The Labute approximate surface area is 148 Å². The number of fused-ring (bicyclic) bond motifs is 7. The number of benzene rings is 3. The van der Waals surface area contributed by atoms with Gasteiger partial charge in [0.05, 0.1) is 0 Å². The molecule has 0 atom stereocenters. The molecule has 124 valence electrons. The highest BCUT2D eigenvalue weighted by Crippen LogP contribution is 2.52. The van der Waals surface area contributed by atoms with E-state index >= 15 is 0 Å². The van der Waals surface area contributed by atoms with E-state index < -0.39 is 0 Å². The van der Waals surface area contributed by atoms with Gasteiger partial charge in [0, 0.05) is 33.3 Å². The van der Waals surface area contributed by atoms with Crippen molar-refractivity contribution in [3.63, 3.8) is 0 Å². The van der Waals surface area contributed by atoms with Crippen LogP contribution in [0.4, 0.5) is 0 Å². The highest BCUT2D eigenvalue weighted by molar-refractivity contribution is 6.13. The second-order valence-electron chi connectivity index (χ2n) is 8.03. The van der Waals surface area contributed by atoms with Crippen molar-refractivity contribution in [2.75, 3.05) is 0 Å². The SMILES string of the molecule is CC(C)n1c2ccccc2c2c3c(ccc21)-c1ccccc1C3(C)C. The molecule has 0 unspecified atom stereocenters. The summed E-state index contributed by atoms with van der Waals surface area (Å²) >= 11 is 0. The van der Waals surface area contributed by atoms with Gasteiger partial charge in [-0.1, -0.05) is 62.4 Å². The summed E-state index contributed by atoms with van der Waals surface area (Å²) in [5.74, 6) is 0. The average molecular weight is 325 g/mol. The van der Waals surface area contributed by atoms with Crippen LogP contribution in [-0.4, -0.2) is 4.57 Å². The van der Waals surface area contributed by atoms with Crippen molar-refractivity contribution in [1.29, 1.82) is 0 Å². The highest BCUT2D eigenvalue weighted by Gasteiger charge is 2.37. The lowest BCUT2D eigenvalue weighted by Crippen LogP contribution is -2.15. The maximum absolute atomic E-state index is 2.49. The minimum absolute atomic E-state index is 0.0252.